The summed E-state index contributed by atoms with van der Waals surface area (Å²) in [6, 6.07) is 2.52. The van der Waals surface area contributed by atoms with E-state index in [-0.39, 0.29) is 0 Å². The monoisotopic (exact) mass is 163 g/mol. The first-order valence-electron chi connectivity index (χ1n) is 4.25. The van der Waals surface area contributed by atoms with Crippen LogP contribution in [0.3, 0.4) is 0 Å². The lowest BCUT2D eigenvalue weighted by atomic mass is 10.3. The summed E-state index contributed by atoms with van der Waals surface area (Å²) >= 11 is 0. The van der Waals surface area contributed by atoms with Crippen molar-refractivity contribution in [2.45, 2.75) is 26.8 Å². The molecule has 64 valence electrons. The van der Waals surface area contributed by atoms with Crippen molar-refractivity contribution in [2.75, 3.05) is 0 Å². The molecule has 2 nitrogen and oxygen atoms in total. The second-order valence-corrected chi connectivity index (χ2v) is 3.45. The number of hydrogen-bond donors (Lipinski definition) is 0. The molecule has 0 atom stereocenters. The summed E-state index contributed by atoms with van der Waals surface area (Å²) < 4.78 is 7.59. The molecule has 0 aliphatic carbocycles. The maximum Gasteiger partial charge on any atom is 0.152 e. The summed E-state index contributed by atoms with van der Waals surface area (Å²) in [6.45, 7) is 6.42. The molecule has 12 heavy (non-hydrogen) atoms. The molecule has 0 spiro atoms. The zero-order valence-corrected chi connectivity index (χ0v) is 7.66. The van der Waals surface area contributed by atoms with Gasteiger partial charge in [-0.05, 0) is 26.8 Å². The van der Waals surface area contributed by atoms with E-state index < -0.39 is 0 Å². The number of hydrogen-bond acceptors (Lipinski definition) is 1. The van der Waals surface area contributed by atoms with Gasteiger partial charge in [0.2, 0.25) is 0 Å². The highest BCUT2D eigenvalue weighted by Crippen LogP contribution is 2.24. The minimum Gasteiger partial charge on any atom is -0.462 e. The normalized spacial score (nSPS) is 11.7. The molecular weight excluding hydrogens is 150 g/mol. The van der Waals surface area contributed by atoms with Crippen molar-refractivity contribution in [2.24, 2.45) is 0 Å². The SMILES string of the molecule is Cc1coc2ccn(C(C)C)c12. The summed E-state index contributed by atoms with van der Waals surface area (Å²) in [6.07, 6.45) is 3.88. The summed E-state index contributed by atoms with van der Waals surface area (Å²) in [5.74, 6) is 0. The van der Waals surface area contributed by atoms with Gasteiger partial charge < -0.3 is 8.98 Å². The molecule has 2 aromatic heterocycles. The highest BCUT2D eigenvalue weighted by molar-refractivity contribution is 5.77. The Labute approximate surface area is 71.8 Å². The number of fused-ring (bicyclic) bond motifs is 1. The topological polar surface area (TPSA) is 18.1 Å². The second kappa shape index (κ2) is 2.41. The summed E-state index contributed by atoms with van der Waals surface area (Å²) in [5, 5.41) is 0. The number of nitrogens with zero attached hydrogens (tertiary/aromatic N) is 1. The molecule has 2 aromatic rings. The van der Waals surface area contributed by atoms with Crippen LogP contribution in [0.15, 0.2) is 22.9 Å². The number of aryl methyl sites for hydroxylation is 1. The fourth-order valence-corrected chi connectivity index (χ4v) is 1.56. The molecule has 0 unspecified atom stereocenters. The van der Waals surface area contributed by atoms with Crippen molar-refractivity contribution in [1.82, 2.24) is 4.57 Å². The van der Waals surface area contributed by atoms with Crippen LogP contribution >= 0.6 is 0 Å². The van der Waals surface area contributed by atoms with Crippen LogP contribution in [0.1, 0.15) is 25.5 Å². The molecule has 0 amide bonds. The lowest BCUT2D eigenvalue weighted by Crippen LogP contribution is -1.97. The summed E-state index contributed by atoms with van der Waals surface area (Å²) in [7, 11) is 0. The van der Waals surface area contributed by atoms with Crippen LogP contribution in [0.25, 0.3) is 11.1 Å². The Hall–Kier alpha value is -1.18. The van der Waals surface area contributed by atoms with E-state index in [9.17, 15) is 0 Å². The zero-order valence-electron chi connectivity index (χ0n) is 7.66. The Morgan fingerprint density at radius 2 is 2.17 bits per heavy atom. The van der Waals surface area contributed by atoms with Crippen LogP contribution in [-0.4, -0.2) is 4.57 Å². The average Bonchev–Trinajstić information content (AvgIpc) is 2.53. The Kier molecular flexibility index (Phi) is 1.50. The van der Waals surface area contributed by atoms with Crippen LogP contribution in [0.4, 0.5) is 0 Å². The Balaban J connectivity index is 2.75. The first-order valence-corrected chi connectivity index (χ1v) is 4.25. The van der Waals surface area contributed by atoms with Gasteiger partial charge in [-0.1, -0.05) is 0 Å². The van der Waals surface area contributed by atoms with Gasteiger partial charge >= 0.3 is 0 Å². The zero-order chi connectivity index (χ0) is 8.72. The van der Waals surface area contributed by atoms with Crippen LogP contribution in [0.5, 0.6) is 0 Å². The second-order valence-electron chi connectivity index (χ2n) is 3.45. The fraction of sp³-hybridized carbons (Fsp3) is 0.400. The predicted molar refractivity (Wildman–Crippen MR) is 49.3 cm³/mol. The van der Waals surface area contributed by atoms with Crippen LogP contribution in [0, 0.1) is 6.92 Å². The van der Waals surface area contributed by atoms with E-state index in [1.54, 1.807) is 0 Å². The third-order valence-electron chi connectivity index (χ3n) is 2.17. The van der Waals surface area contributed by atoms with E-state index >= 15 is 0 Å². The van der Waals surface area contributed by atoms with Crippen LogP contribution in [0.2, 0.25) is 0 Å². The Bertz CT molecular complexity index is 395. The maximum absolute atomic E-state index is 5.36. The van der Waals surface area contributed by atoms with Gasteiger partial charge in [0.25, 0.3) is 0 Å². The molecule has 0 radical (unpaired) electrons. The molecule has 2 rings (SSSR count). The molecule has 0 saturated carbocycles. The largest absolute Gasteiger partial charge is 0.462 e. The smallest absolute Gasteiger partial charge is 0.152 e. The molecule has 0 N–H and O–H groups in total. The van der Waals surface area contributed by atoms with E-state index in [1.165, 1.54) is 11.1 Å². The summed E-state index contributed by atoms with van der Waals surface area (Å²) in [4.78, 5) is 0. The number of aromatic nitrogens is 1. The molecule has 0 fully saturated rings. The van der Waals surface area contributed by atoms with Gasteiger partial charge in [-0.25, -0.2) is 0 Å². The predicted octanol–water partition coefficient (Wildman–Crippen LogP) is 3.12. The van der Waals surface area contributed by atoms with E-state index in [0.717, 1.165) is 5.58 Å². The third-order valence-corrected chi connectivity index (χ3v) is 2.17. The molecule has 0 aliphatic rings. The van der Waals surface area contributed by atoms with Crippen molar-refractivity contribution in [3.8, 4) is 0 Å². The standard InChI is InChI=1S/C10H13NO/c1-7(2)11-5-4-9-10(11)8(3)6-12-9/h4-7H,1-3H3. The Morgan fingerprint density at radius 3 is 2.83 bits per heavy atom. The van der Waals surface area contributed by atoms with Crippen molar-refractivity contribution in [3.63, 3.8) is 0 Å². The van der Waals surface area contributed by atoms with Crippen molar-refractivity contribution < 1.29 is 4.42 Å². The number of rotatable bonds is 1. The van der Waals surface area contributed by atoms with Gasteiger partial charge in [0.15, 0.2) is 5.58 Å². The molecule has 2 heteroatoms. The van der Waals surface area contributed by atoms with Gasteiger partial charge in [-0.3, -0.25) is 0 Å². The molecule has 2 heterocycles. The molecule has 0 aliphatic heterocycles. The van der Waals surface area contributed by atoms with Gasteiger partial charge in [0.05, 0.1) is 11.8 Å². The van der Waals surface area contributed by atoms with E-state index in [1.807, 2.05) is 12.3 Å². The van der Waals surface area contributed by atoms with E-state index in [4.69, 9.17) is 4.42 Å². The number of furan rings is 1. The highest BCUT2D eigenvalue weighted by atomic mass is 16.3. The van der Waals surface area contributed by atoms with E-state index in [0.29, 0.717) is 6.04 Å². The molecule has 0 aromatic carbocycles. The minimum atomic E-state index is 0.499. The Morgan fingerprint density at radius 1 is 1.42 bits per heavy atom. The van der Waals surface area contributed by atoms with Gasteiger partial charge in [0, 0.05) is 17.8 Å². The molecular formula is C10H13NO. The van der Waals surface area contributed by atoms with Crippen LogP contribution < -0.4 is 0 Å². The quantitative estimate of drug-likeness (QED) is 0.631. The first kappa shape index (κ1) is 7.47. The highest BCUT2D eigenvalue weighted by Gasteiger charge is 2.08. The summed E-state index contributed by atoms with van der Waals surface area (Å²) in [5.41, 5.74) is 3.43. The van der Waals surface area contributed by atoms with Crippen molar-refractivity contribution >= 4 is 11.1 Å². The maximum atomic E-state index is 5.36. The van der Waals surface area contributed by atoms with Gasteiger partial charge in [-0.15, -0.1) is 0 Å². The lowest BCUT2D eigenvalue weighted by Gasteiger charge is -2.07. The van der Waals surface area contributed by atoms with Gasteiger partial charge in [-0.2, -0.15) is 0 Å². The van der Waals surface area contributed by atoms with Gasteiger partial charge in [0.1, 0.15) is 0 Å². The lowest BCUT2D eigenvalue weighted by molar-refractivity contribution is 0.612. The first-order chi connectivity index (χ1) is 5.70. The fourth-order valence-electron chi connectivity index (χ4n) is 1.56. The third kappa shape index (κ3) is 0.876. The molecule has 0 bridgehead atoms. The minimum absolute atomic E-state index is 0.499. The van der Waals surface area contributed by atoms with Crippen molar-refractivity contribution in [3.05, 3.63) is 24.1 Å². The van der Waals surface area contributed by atoms with E-state index in [2.05, 4.69) is 31.5 Å². The van der Waals surface area contributed by atoms with Crippen LogP contribution in [-0.2, 0) is 0 Å². The van der Waals surface area contributed by atoms with Crippen molar-refractivity contribution in [1.29, 1.82) is 0 Å². The molecule has 0 saturated heterocycles. The average molecular weight is 163 g/mol.